The molecule has 0 spiro atoms. The minimum absolute atomic E-state index is 0. The summed E-state index contributed by atoms with van der Waals surface area (Å²) in [6.45, 7) is 0. The molecular formula is C11H10NNaOS2. The predicted molar refractivity (Wildman–Crippen MR) is 72.7 cm³/mol. The van der Waals surface area contributed by atoms with Crippen molar-refractivity contribution in [3.63, 3.8) is 0 Å². The van der Waals surface area contributed by atoms with Gasteiger partial charge in [-0.25, -0.2) is 0 Å². The molecular weight excluding hydrogens is 249 g/mol. The number of primary amides is 1. The molecule has 0 saturated heterocycles. The second-order valence-electron chi connectivity index (χ2n) is 3.08. The molecule has 2 nitrogen and oxygen atoms in total. The van der Waals surface area contributed by atoms with Gasteiger partial charge in [0.05, 0.1) is 5.56 Å². The number of carbonyl (C=O) groups excluding carboxylic acids is 1. The van der Waals surface area contributed by atoms with Crippen LogP contribution in [-0.2, 0) is 0 Å². The van der Waals surface area contributed by atoms with Crippen LogP contribution in [0.3, 0.4) is 0 Å². The Bertz CT molecular complexity index is 510. The fourth-order valence-electron chi connectivity index (χ4n) is 1.29. The van der Waals surface area contributed by atoms with Gasteiger partial charge in [-0.3, -0.25) is 4.79 Å². The summed E-state index contributed by atoms with van der Waals surface area (Å²) in [7, 11) is 0. The topological polar surface area (TPSA) is 43.1 Å². The van der Waals surface area contributed by atoms with Crippen molar-refractivity contribution >= 4 is 59.4 Å². The van der Waals surface area contributed by atoms with Crippen LogP contribution in [0.4, 0.5) is 0 Å². The van der Waals surface area contributed by atoms with E-state index < -0.39 is 5.91 Å². The van der Waals surface area contributed by atoms with Crippen LogP contribution in [0.2, 0.25) is 0 Å². The van der Waals surface area contributed by atoms with Crippen LogP contribution < -0.4 is 5.73 Å². The summed E-state index contributed by atoms with van der Waals surface area (Å²) in [6.07, 6.45) is 0. The van der Waals surface area contributed by atoms with Crippen molar-refractivity contribution in [2.45, 2.75) is 4.90 Å². The van der Waals surface area contributed by atoms with E-state index in [-0.39, 0.29) is 29.6 Å². The van der Waals surface area contributed by atoms with Gasteiger partial charge >= 0.3 is 29.6 Å². The normalized spacial score (nSPS) is 9.56. The molecule has 2 rings (SSSR count). The summed E-state index contributed by atoms with van der Waals surface area (Å²) in [5, 5.41) is 1.76. The van der Waals surface area contributed by atoms with Gasteiger partial charge in [0.15, 0.2) is 0 Å². The van der Waals surface area contributed by atoms with Crippen LogP contribution in [0.5, 0.6) is 0 Å². The molecule has 2 aromatic rings. The molecule has 0 aliphatic heterocycles. The van der Waals surface area contributed by atoms with Crippen molar-refractivity contribution in [1.29, 1.82) is 0 Å². The number of thiophene rings is 1. The van der Waals surface area contributed by atoms with Crippen molar-refractivity contribution in [1.82, 2.24) is 0 Å². The molecule has 0 unspecified atom stereocenters. The number of hydrogen-bond acceptors (Lipinski definition) is 3. The van der Waals surface area contributed by atoms with Crippen LogP contribution in [0, 0.1) is 0 Å². The molecule has 16 heavy (non-hydrogen) atoms. The average molecular weight is 259 g/mol. The molecule has 0 radical (unpaired) electrons. The molecule has 1 aromatic heterocycles. The van der Waals surface area contributed by atoms with Crippen LogP contribution in [0.1, 0.15) is 10.4 Å². The molecule has 1 heterocycles. The van der Waals surface area contributed by atoms with Gasteiger partial charge < -0.3 is 5.73 Å². The number of amides is 1. The van der Waals surface area contributed by atoms with Crippen molar-refractivity contribution in [3.8, 4) is 10.4 Å². The molecule has 0 fully saturated rings. The number of benzene rings is 1. The standard InChI is InChI=1S/C11H9NOS2.Na.H/c12-11(13)7-5-10(15-6-7)8-3-1-2-4-9(8)14;;/h1-6,14H,(H2,12,13);;. The predicted octanol–water partition coefficient (Wildman–Crippen LogP) is 2.15. The third-order valence-electron chi connectivity index (χ3n) is 2.05. The minimum atomic E-state index is -0.394. The molecule has 5 heteroatoms. The summed E-state index contributed by atoms with van der Waals surface area (Å²) >= 11 is 5.86. The fraction of sp³-hybridized carbons (Fsp3) is 0. The molecule has 1 aromatic carbocycles. The Morgan fingerprint density at radius 3 is 2.56 bits per heavy atom. The fourth-order valence-corrected chi connectivity index (χ4v) is 2.58. The SMILES string of the molecule is NC(=O)c1csc(-c2ccccc2S)c1.[NaH]. The number of hydrogen-bond donors (Lipinski definition) is 2. The molecule has 2 N–H and O–H groups in total. The second kappa shape index (κ2) is 5.89. The van der Waals surface area contributed by atoms with E-state index in [0.717, 1.165) is 15.3 Å². The summed E-state index contributed by atoms with van der Waals surface area (Å²) in [6, 6.07) is 9.55. The Labute approximate surface area is 126 Å². The van der Waals surface area contributed by atoms with E-state index in [0.29, 0.717) is 5.56 Å². The van der Waals surface area contributed by atoms with Gasteiger partial charge in [-0.15, -0.1) is 24.0 Å². The zero-order valence-electron chi connectivity index (χ0n) is 7.81. The van der Waals surface area contributed by atoms with Crippen LogP contribution >= 0.6 is 24.0 Å². The Hall–Kier alpha value is -0.260. The van der Waals surface area contributed by atoms with Crippen LogP contribution in [-0.4, -0.2) is 35.5 Å². The summed E-state index contributed by atoms with van der Waals surface area (Å²) in [5.74, 6) is -0.394. The maximum absolute atomic E-state index is 10.9. The van der Waals surface area contributed by atoms with Gasteiger partial charge in [0, 0.05) is 20.7 Å². The number of thiol groups is 1. The van der Waals surface area contributed by atoms with Crippen molar-refractivity contribution < 1.29 is 4.79 Å². The van der Waals surface area contributed by atoms with Crippen molar-refractivity contribution in [2.24, 2.45) is 5.73 Å². The summed E-state index contributed by atoms with van der Waals surface area (Å²) in [4.78, 5) is 12.8. The number of carbonyl (C=O) groups is 1. The molecule has 78 valence electrons. The first kappa shape index (κ1) is 13.8. The summed E-state index contributed by atoms with van der Waals surface area (Å²) in [5.41, 5.74) is 6.77. The van der Waals surface area contributed by atoms with Crippen molar-refractivity contribution in [3.05, 3.63) is 41.3 Å². The van der Waals surface area contributed by atoms with E-state index in [1.54, 1.807) is 11.4 Å². The van der Waals surface area contributed by atoms with Gasteiger partial charge in [-0.1, -0.05) is 18.2 Å². The zero-order chi connectivity index (χ0) is 10.8. The van der Waals surface area contributed by atoms with E-state index in [4.69, 9.17) is 5.73 Å². The van der Waals surface area contributed by atoms with E-state index in [2.05, 4.69) is 12.6 Å². The van der Waals surface area contributed by atoms with E-state index in [1.165, 1.54) is 11.3 Å². The third kappa shape index (κ3) is 2.90. The van der Waals surface area contributed by atoms with Gasteiger partial charge in [-0.2, -0.15) is 0 Å². The molecule has 1 amide bonds. The molecule has 0 bridgehead atoms. The van der Waals surface area contributed by atoms with E-state index >= 15 is 0 Å². The maximum atomic E-state index is 10.9. The monoisotopic (exact) mass is 259 g/mol. The zero-order valence-corrected chi connectivity index (χ0v) is 9.52. The van der Waals surface area contributed by atoms with Gasteiger partial charge in [-0.05, 0) is 12.1 Å². The van der Waals surface area contributed by atoms with Gasteiger partial charge in [0.25, 0.3) is 0 Å². The molecule has 0 atom stereocenters. The van der Waals surface area contributed by atoms with Crippen molar-refractivity contribution in [2.75, 3.05) is 0 Å². The van der Waals surface area contributed by atoms with E-state index in [1.807, 2.05) is 24.3 Å². The third-order valence-corrected chi connectivity index (χ3v) is 3.41. The first-order valence-corrected chi connectivity index (χ1v) is 5.68. The first-order valence-electron chi connectivity index (χ1n) is 4.35. The van der Waals surface area contributed by atoms with Gasteiger partial charge in [0.1, 0.15) is 0 Å². The molecule has 0 aliphatic carbocycles. The Balaban J connectivity index is 0.00000128. The second-order valence-corrected chi connectivity index (χ2v) is 4.47. The summed E-state index contributed by atoms with van der Waals surface area (Å²) < 4.78 is 0. The van der Waals surface area contributed by atoms with Gasteiger partial charge in [0.2, 0.25) is 5.91 Å². The number of nitrogens with two attached hydrogens (primary N) is 1. The van der Waals surface area contributed by atoms with Crippen LogP contribution in [0.25, 0.3) is 10.4 Å². The molecule has 0 aliphatic rings. The van der Waals surface area contributed by atoms with E-state index in [9.17, 15) is 4.79 Å². The Morgan fingerprint density at radius 2 is 2.00 bits per heavy atom. The Kier molecular flexibility index (Phi) is 5.08. The van der Waals surface area contributed by atoms with Crippen LogP contribution in [0.15, 0.2) is 40.6 Å². The Morgan fingerprint density at radius 1 is 1.31 bits per heavy atom. The molecule has 0 saturated carbocycles. The first-order chi connectivity index (χ1) is 7.18. The average Bonchev–Trinajstić information content (AvgIpc) is 2.67. The quantitative estimate of drug-likeness (QED) is 0.630. The number of rotatable bonds is 2.